The van der Waals surface area contributed by atoms with Crippen LogP contribution < -0.4 is 0 Å². The Balaban J connectivity index is 1.50. The summed E-state index contributed by atoms with van der Waals surface area (Å²) in [5, 5.41) is 0. The van der Waals surface area contributed by atoms with Gasteiger partial charge in [0.25, 0.3) is 0 Å². The van der Waals surface area contributed by atoms with E-state index in [0.717, 1.165) is 39.6 Å². The van der Waals surface area contributed by atoms with Gasteiger partial charge in [0.1, 0.15) is 12.2 Å². The van der Waals surface area contributed by atoms with Crippen molar-refractivity contribution in [2.24, 2.45) is 5.41 Å². The predicted octanol–water partition coefficient (Wildman–Crippen LogP) is 0.843. The van der Waals surface area contributed by atoms with Crippen LogP contribution in [0.2, 0.25) is 0 Å². The summed E-state index contributed by atoms with van der Waals surface area (Å²) in [6, 6.07) is 0. The molecule has 0 bridgehead atoms. The van der Waals surface area contributed by atoms with Crippen molar-refractivity contribution >= 4 is 0 Å². The number of rotatable bonds is 8. The molecule has 0 spiro atoms. The molecule has 0 N–H and O–H groups in total. The maximum atomic E-state index is 5.56. The Labute approximate surface area is 90.8 Å². The summed E-state index contributed by atoms with van der Waals surface area (Å²) in [7, 11) is 0. The zero-order valence-electron chi connectivity index (χ0n) is 9.53. The zero-order chi connectivity index (χ0) is 10.7. The van der Waals surface area contributed by atoms with Crippen molar-refractivity contribution in [1.82, 2.24) is 0 Å². The van der Waals surface area contributed by atoms with Crippen molar-refractivity contribution in [3.8, 4) is 0 Å². The summed E-state index contributed by atoms with van der Waals surface area (Å²) in [6.07, 6.45) is 0.697. The number of hydrogen-bond donors (Lipinski definition) is 0. The summed E-state index contributed by atoms with van der Waals surface area (Å²) in [5.41, 5.74) is 0.0732. The quantitative estimate of drug-likeness (QED) is 0.564. The molecule has 2 heterocycles. The molecular formula is C11H20O4. The first-order valence-corrected chi connectivity index (χ1v) is 5.54. The third-order valence-corrected chi connectivity index (χ3v) is 2.40. The average Bonchev–Trinajstić information content (AvgIpc) is 2.97. The van der Waals surface area contributed by atoms with E-state index in [1.807, 2.05) is 0 Å². The zero-order valence-corrected chi connectivity index (χ0v) is 9.53. The molecule has 88 valence electrons. The van der Waals surface area contributed by atoms with E-state index >= 15 is 0 Å². The smallest absolute Gasteiger partial charge is 0.104 e. The lowest BCUT2D eigenvalue weighted by molar-refractivity contribution is -0.0101. The van der Waals surface area contributed by atoms with Crippen LogP contribution in [0.4, 0.5) is 0 Å². The molecule has 2 fully saturated rings. The van der Waals surface area contributed by atoms with Gasteiger partial charge in [-0.3, -0.25) is 0 Å². The summed E-state index contributed by atoms with van der Waals surface area (Å²) in [6.45, 7) is 8.88. The van der Waals surface area contributed by atoms with Gasteiger partial charge in [0.05, 0.1) is 39.6 Å². The van der Waals surface area contributed by atoms with Gasteiger partial charge in [-0.2, -0.15) is 0 Å². The molecule has 2 saturated heterocycles. The van der Waals surface area contributed by atoms with Gasteiger partial charge >= 0.3 is 0 Å². The maximum Gasteiger partial charge on any atom is 0.104 e. The van der Waals surface area contributed by atoms with E-state index in [9.17, 15) is 0 Å². The van der Waals surface area contributed by atoms with Gasteiger partial charge in [-0.15, -0.1) is 0 Å². The van der Waals surface area contributed by atoms with Gasteiger partial charge in [0.2, 0.25) is 0 Å². The molecular weight excluding hydrogens is 196 g/mol. The molecule has 2 rings (SSSR count). The van der Waals surface area contributed by atoms with Crippen LogP contribution in [0, 0.1) is 5.41 Å². The van der Waals surface area contributed by atoms with Crippen molar-refractivity contribution in [2.45, 2.75) is 26.1 Å². The molecule has 0 radical (unpaired) electrons. The molecule has 2 aliphatic heterocycles. The Hall–Kier alpha value is -0.160. The molecule has 0 aromatic carbocycles. The Kier molecular flexibility index (Phi) is 3.61. The largest absolute Gasteiger partial charge is 0.378 e. The Morgan fingerprint density at radius 1 is 1.00 bits per heavy atom. The number of hydrogen-bond acceptors (Lipinski definition) is 4. The first kappa shape index (κ1) is 11.3. The summed E-state index contributed by atoms with van der Waals surface area (Å²) in [5.74, 6) is 0. The minimum absolute atomic E-state index is 0.0732. The standard InChI is InChI=1S/C11H20O4/c1-11(2,7-12-3-9-5-14-9)8-13-4-10-6-15-10/h9-10H,3-8H2,1-2H3/t9-,10-/m0/s1. The van der Waals surface area contributed by atoms with Crippen LogP contribution in [0.15, 0.2) is 0 Å². The lowest BCUT2D eigenvalue weighted by Gasteiger charge is -2.23. The fourth-order valence-corrected chi connectivity index (χ4v) is 1.30. The lowest BCUT2D eigenvalue weighted by Crippen LogP contribution is -2.27. The average molecular weight is 216 g/mol. The molecule has 2 atom stereocenters. The highest BCUT2D eigenvalue weighted by Crippen LogP contribution is 2.19. The topological polar surface area (TPSA) is 43.5 Å². The number of epoxide rings is 2. The summed E-state index contributed by atoms with van der Waals surface area (Å²) >= 11 is 0. The highest BCUT2D eigenvalue weighted by atomic mass is 16.6. The van der Waals surface area contributed by atoms with Crippen LogP contribution in [-0.4, -0.2) is 51.8 Å². The van der Waals surface area contributed by atoms with Crippen molar-refractivity contribution in [2.75, 3.05) is 39.6 Å². The van der Waals surface area contributed by atoms with Gasteiger partial charge < -0.3 is 18.9 Å². The van der Waals surface area contributed by atoms with Crippen molar-refractivity contribution < 1.29 is 18.9 Å². The van der Waals surface area contributed by atoms with Crippen LogP contribution in [0.3, 0.4) is 0 Å². The minimum Gasteiger partial charge on any atom is -0.378 e. The highest BCUT2D eigenvalue weighted by molar-refractivity contribution is 4.72. The molecule has 0 unspecified atom stereocenters. The van der Waals surface area contributed by atoms with E-state index in [0.29, 0.717) is 12.2 Å². The van der Waals surface area contributed by atoms with Crippen LogP contribution in [-0.2, 0) is 18.9 Å². The van der Waals surface area contributed by atoms with Crippen molar-refractivity contribution in [3.63, 3.8) is 0 Å². The fourth-order valence-electron chi connectivity index (χ4n) is 1.30. The second-order valence-electron chi connectivity index (χ2n) is 5.11. The van der Waals surface area contributed by atoms with Gasteiger partial charge in [0, 0.05) is 5.41 Å². The van der Waals surface area contributed by atoms with Crippen molar-refractivity contribution in [1.29, 1.82) is 0 Å². The second-order valence-corrected chi connectivity index (χ2v) is 5.11. The molecule has 0 saturated carbocycles. The van der Waals surface area contributed by atoms with E-state index in [2.05, 4.69) is 13.8 Å². The van der Waals surface area contributed by atoms with Crippen LogP contribution >= 0.6 is 0 Å². The molecule has 15 heavy (non-hydrogen) atoms. The third kappa shape index (κ3) is 4.93. The van der Waals surface area contributed by atoms with Crippen LogP contribution in [0.1, 0.15) is 13.8 Å². The summed E-state index contributed by atoms with van der Waals surface area (Å²) in [4.78, 5) is 0. The summed E-state index contributed by atoms with van der Waals surface area (Å²) < 4.78 is 21.3. The third-order valence-electron chi connectivity index (χ3n) is 2.40. The van der Waals surface area contributed by atoms with Crippen LogP contribution in [0.5, 0.6) is 0 Å². The van der Waals surface area contributed by atoms with Gasteiger partial charge in [-0.1, -0.05) is 13.8 Å². The lowest BCUT2D eigenvalue weighted by atomic mass is 9.96. The second kappa shape index (κ2) is 4.78. The SMILES string of the molecule is CC(C)(COC[C@H]1CO1)COC[C@H]1CO1. The predicted molar refractivity (Wildman–Crippen MR) is 54.9 cm³/mol. The normalized spacial score (nSPS) is 29.2. The molecule has 0 aliphatic carbocycles. The molecule has 2 aliphatic rings. The van der Waals surface area contributed by atoms with Gasteiger partial charge in [0.15, 0.2) is 0 Å². The highest BCUT2D eigenvalue weighted by Gasteiger charge is 2.27. The first-order chi connectivity index (χ1) is 7.16. The Morgan fingerprint density at radius 2 is 1.40 bits per heavy atom. The monoisotopic (exact) mass is 216 g/mol. The van der Waals surface area contributed by atoms with E-state index in [1.54, 1.807) is 0 Å². The van der Waals surface area contributed by atoms with E-state index in [-0.39, 0.29) is 5.41 Å². The maximum absolute atomic E-state index is 5.56. The fraction of sp³-hybridized carbons (Fsp3) is 1.00. The van der Waals surface area contributed by atoms with Gasteiger partial charge in [-0.25, -0.2) is 0 Å². The molecule has 4 heteroatoms. The molecule has 0 aromatic rings. The first-order valence-electron chi connectivity index (χ1n) is 5.54. The minimum atomic E-state index is 0.0732. The molecule has 0 amide bonds. The van der Waals surface area contributed by atoms with E-state index in [1.165, 1.54) is 0 Å². The van der Waals surface area contributed by atoms with Crippen LogP contribution in [0.25, 0.3) is 0 Å². The van der Waals surface area contributed by atoms with E-state index < -0.39 is 0 Å². The van der Waals surface area contributed by atoms with Gasteiger partial charge in [-0.05, 0) is 0 Å². The van der Waals surface area contributed by atoms with Crippen molar-refractivity contribution in [3.05, 3.63) is 0 Å². The Bertz CT molecular complexity index is 177. The number of ether oxygens (including phenoxy) is 4. The van der Waals surface area contributed by atoms with E-state index in [4.69, 9.17) is 18.9 Å². The molecule has 0 aromatic heterocycles. The Morgan fingerprint density at radius 3 is 1.73 bits per heavy atom. The molecule has 4 nitrogen and oxygen atoms in total.